The smallest absolute Gasteiger partial charge is 0.244 e. The van der Waals surface area contributed by atoms with Crippen molar-refractivity contribution in [2.45, 2.75) is 33.0 Å². The lowest BCUT2D eigenvalue weighted by molar-refractivity contribution is -0.134. The van der Waals surface area contributed by atoms with Crippen LogP contribution in [-0.2, 0) is 17.9 Å². The van der Waals surface area contributed by atoms with Gasteiger partial charge in [0.05, 0.1) is 11.7 Å². The molecule has 25 heavy (non-hydrogen) atoms. The SMILES string of the molecule is CC(C)N(Cc1ccccc1)C(=O)Cn1ncc(=O)c2ccccc21. The zero-order chi connectivity index (χ0) is 17.8. The minimum Gasteiger partial charge on any atom is -0.334 e. The molecule has 128 valence electrons. The molecule has 3 rings (SSSR count). The minimum atomic E-state index is -0.135. The monoisotopic (exact) mass is 335 g/mol. The Morgan fingerprint density at radius 2 is 1.76 bits per heavy atom. The van der Waals surface area contributed by atoms with Crippen molar-refractivity contribution in [1.29, 1.82) is 0 Å². The number of rotatable bonds is 5. The van der Waals surface area contributed by atoms with Crippen molar-refractivity contribution in [1.82, 2.24) is 14.7 Å². The van der Waals surface area contributed by atoms with Crippen molar-refractivity contribution in [2.24, 2.45) is 0 Å². The number of nitrogens with zero attached hydrogens (tertiary/aromatic N) is 3. The Balaban J connectivity index is 1.87. The molecule has 0 saturated carbocycles. The third kappa shape index (κ3) is 3.76. The van der Waals surface area contributed by atoms with Gasteiger partial charge in [-0.1, -0.05) is 42.5 Å². The summed E-state index contributed by atoms with van der Waals surface area (Å²) in [7, 11) is 0. The van der Waals surface area contributed by atoms with Crippen LogP contribution >= 0.6 is 0 Å². The number of hydrogen-bond donors (Lipinski definition) is 0. The van der Waals surface area contributed by atoms with E-state index in [1.54, 1.807) is 10.7 Å². The summed E-state index contributed by atoms with van der Waals surface area (Å²) < 4.78 is 1.60. The molecule has 0 spiro atoms. The number of carbonyl (C=O) groups excluding carboxylic acids is 1. The minimum absolute atomic E-state index is 0.0276. The van der Waals surface area contributed by atoms with E-state index in [4.69, 9.17) is 0 Å². The zero-order valence-corrected chi connectivity index (χ0v) is 14.4. The summed E-state index contributed by atoms with van der Waals surface area (Å²) in [4.78, 5) is 26.6. The van der Waals surface area contributed by atoms with Gasteiger partial charge in [0.2, 0.25) is 11.3 Å². The van der Waals surface area contributed by atoms with E-state index in [1.165, 1.54) is 6.20 Å². The molecular formula is C20H21N3O2. The zero-order valence-electron chi connectivity index (χ0n) is 14.4. The second-order valence-electron chi connectivity index (χ2n) is 6.28. The Kier molecular flexibility index (Phi) is 4.93. The fourth-order valence-corrected chi connectivity index (χ4v) is 2.84. The Labute approximate surface area is 146 Å². The number of para-hydroxylation sites is 1. The highest BCUT2D eigenvalue weighted by molar-refractivity contribution is 5.81. The van der Waals surface area contributed by atoms with E-state index in [0.29, 0.717) is 17.4 Å². The summed E-state index contributed by atoms with van der Waals surface area (Å²) in [5.74, 6) is -0.0276. The van der Waals surface area contributed by atoms with Gasteiger partial charge < -0.3 is 4.90 Å². The van der Waals surface area contributed by atoms with Crippen molar-refractivity contribution in [3.63, 3.8) is 0 Å². The van der Waals surface area contributed by atoms with Crippen LogP contribution in [0.4, 0.5) is 0 Å². The molecule has 2 aromatic carbocycles. The molecule has 0 bridgehead atoms. The van der Waals surface area contributed by atoms with Gasteiger partial charge >= 0.3 is 0 Å². The van der Waals surface area contributed by atoms with E-state index in [9.17, 15) is 9.59 Å². The largest absolute Gasteiger partial charge is 0.334 e. The number of hydrogen-bond acceptors (Lipinski definition) is 3. The van der Waals surface area contributed by atoms with Crippen molar-refractivity contribution in [2.75, 3.05) is 0 Å². The fourth-order valence-electron chi connectivity index (χ4n) is 2.84. The first-order chi connectivity index (χ1) is 12.1. The molecule has 5 heteroatoms. The lowest BCUT2D eigenvalue weighted by Gasteiger charge is -2.27. The molecule has 0 radical (unpaired) electrons. The molecule has 1 amide bonds. The third-order valence-electron chi connectivity index (χ3n) is 4.19. The van der Waals surface area contributed by atoms with Gasteiger partial charge in [0.25, 0.3) is 0 Å². The van der Waals surface area contributed by atoms with Crippen LogP contribution in [0, 0.1) is 0 Å². The lowest BCUT2D eigenvalue weighted by atomic mass is 10.2. The predicted molar refractivity (Wildman–Crippen MR) is 98.1 cm³/mol. The summed E-state index contributed by atoms with van der Waals surface area (Å²) in [6.07, 6.45) is 1.27. The fraction of sp³-hybridized carbons (Fsp3) is 0.250. The first kappa shape index (κ1) is 16.9. The Morgan fingerprint density at radius 1 is 1.08 bits per heavy atom. The Bertz CT molecular complexity index is 932. The average molecular weight is 335 g/mol. The van der Waals surface area contributed by atoms with Crippen molar-refractivity contribution < 1.29 is 4.79 Å². The maximum atomic E-state index is 12.9. The number of amides is 1. The van der Waals surface area contributed by atoms with Gasteiger partial charge in [-0.3, -0.25) is 14.3 Å². The van der Waals surface area contributed by atoms with Crippen molar-refractivity contribution >= 4 is 16.8 Å². The number of fused-ring (bicyclic) bond motifs is 1. The normalized spacial score (nSPS) is 11.0. The molecule has 0 atom stereocenters. The van der Waals surface area contributed by atoms with Gasteiger partial charge in [0, 0.05) is 18.0 Å². The van der Waals surface area contributed by atoms with Crippen LogP contribution in [-0.4, -0.2) is 26.6 Å². The summed E-state index contributed by atoms with van der Waals surface area (Å²) >= 11 is 0. The van der Waals surface area contributed by atoms with Gasteiger partial charge in [-0.05, 0) is 31.5 Å². The van der Waals surface area contributed by atoms with E-state index in [2.05, 4.69) is 5.10 Å². The summed E-state index contributed by atoms with van der Waals surface area (Å²) in [5.41, 5.74) is 1.62. The molecule has 1 aromatic heterocycles. The quantitative estimate of drug-likeness (QED) is 0.720. The molecule has 0 saturated heterocycles. The standard InChI is InChI=1S/C20H21N3O2/c1-15(2)22(13-16-8-4-3-5-9-16)20(25)14-23-18-11-7-6-10-17(18)19(24)12-21-23/h3-12,15H,13-14H2,1-2H3. The highest BCUT2D eigenvalue weighted by Gasteiger charge is 2.18. The van der Waals surface area contributed by atoms with Crippen LogP contribution in [0.2, 0.25) is 0 Å². The highest BCUT2D eigenvalue weighted by Crippen LogP contribution is 2.12. The van der Waals surface area contributed by atoms with Gasteiger partial charge in [0.1, 0.15) is 6.54 Å². The highest BCUT2D eigenvalue weighted by atomic mass is 16.2. The molecule has 5 nitrogen and oxygen atoms in total. The summed E-state index contributed by atoms with van der Waals surface area (Å²) in [6.45, 7) is 4.65. The van der Waals surface area contributed by atoms with Crippen LogP contribution in [0.3, 0.4) is 0 Å². The van der Waals surface area contributed by atoms with E-state index in [1.807, 2.05) is 67.3 Å². The number of aromatic nitrogens is 2. The summed E-state index contributed by atoms with van der Waals surface area (Å²) in [5, 5.41) is 4.73. The van der Waals surface area contributed by atoms with Crippen LogP contribution in [0.25, 0.3) is 10.9 Å². The topological polar surface area (TPSA) is 55.2 Å². The van der Waals surface area contributed by atoms with Crippen LogP contribution in [0.5, 0.6) is 0 Å². The van der Waals surface area contributed by atoms with Crippen LogP contribution in [0.15, 0.2) is 65.6 Å². The molecule has 1 heterocycles. The van der Waals surface area contributed by atoms with Crippen LogP contribution < -0.4 is 5.43 Å². The van der Waals surface area contributed by atoms with E-state index in [0.717, 1.165) is 5.56 Å². The van der Waals surface area contributed by atoms with Crippen molar-refractivity contribution in [3.8, 4) is 0 Å². The van der Waals surface area contributed by atoms with E-state index < -0.39 is 0 Å². The van der Waals surface area contributed by atoms with Gasteiger partial charge in [-0.15, -0.1) is 0 Å². The second-order valence-corrected chi connectivity index (χ2v) is 6.28. The molecule has 0 N–H and O–H groups in total. The number of benzene rings is 2. The van der Waals surface area contributed by atoms with E-state index in [-0.39, 0.29) is 23.9 Å². The van der Waals surface area contributed by atoms with Gasteiger partial charge in [-0.2, -0.15) is 5.10 Å². The maximum absolute atomic E-state index is 12.9. The molecule has 0 fully saturated rings. The Morgan fingerprint density at radius 3 is 2.48 bits per heavy atom. The van der Waals surface area contributed by atoms with E-state index >= 15 is 0 Å². The average Bonchev–Trinajstić information content (AvgIpc) is 2.63. The molecule has 0 unspecified atom stereocenters. The molecular weight excluding hydrogens is 314 g/mol. The van der Waals surface area contributed by atoms with Crippen LogP contribution in [0.1, 0.15) is 19.4 Å². The molecule has 0 aliphatic heterocycles. The number of carbonyl (C=O) groups is 1. The van der Waals surface area contributed by atoms with Gasteiger partial charge in [-0.25, -0.2) is 0 Å². The van der Waals surface area contributed by atoms with Crippen molar-refractivity contribution in [3.05, 3.63) is 76.6 Å². The lowest BCUT2D eigenvalue weighted by Crippen LogP contribution is -2.39. The second kappa shape index (κ2) is 7.30. The molecule has 0 aliphatic rings. The first-order valence-electron chi connectivity index (χ1n) is 8.34. The molecule has 3 aromatic rings. The summed E-state index contributed by atoms with van der Waals surface area (Å²) in [6, 6.07) is 17.2. The van der Waals surface area contributed by atoms with Gasteiger partial charge in [0.15, 0.2) is 0 Å². The Hall–Kier alpha value is -2.95. The third-order valence-corrected chi connectivity index (χ3v) is 4.19. The predicted octanol–water partition coefficient (Wildman–Crippen LogP) is 2.83. The maximum Gasteiger partial charge on any atom is 0.244 e. The molecule has 0 aliphatic carbocycles. The first-order valence-corrected chi connectivity index (χ1v) is 8.34.